The number of fused-ring (bicyclic) bond motifs is 3. The Hall–Kier alpha value is -4.70. The number of pyridine rings is 2. The third-order valence-corrected chi connectivity index (χ3v) is 7.55. The van der Waals surface area contributed by atoms with Crippen molar-refractivity contribution in [1.82, 2.24) is 24.8 Å². The fraction of sp³-hybridized carbons (Fsp3) is 0.103. The van der Waals surface area contributed by atoms with Gasteiger partial charge in [-0.25, -0.2) is 23.7 Å². The Labute approximate surface area is 226 Å². The largest absolute Gasteiger partial charge is 0.365 e. The summed E-state index contributed by atoms with van der Waals surface area (Å²) in [6, 6.07) is 17.3. The van der Waals surface area contributed by atoms with Crippen LogP contribution in [0, 0.1) is 11.6 Å². The number of hydrogen-bond donors (Lipinski definition) is 2. The molecular weight excluding hydrogens is 518 g/mol. The number of thiophene rings is 1. The summed E-state index contributed by atoms with van der Waals surface area (Å²) in [6.45, 7) is 0.542. The standard InChI is InChI=1S/C29H22F2N6OS/c1-37-16-36-28-26(37)22-12-18(5-6-19(22)14-33-28)25-9-7-20(39-25)15-34-27-21(3-2-10-32-27)29(38)35-13-17-4-8-23(30)24(31)11-17/h2-12,14,16H,13,15H2,1H3,(H,32,34)(H,35,38). The first kappa shape index (κ1) is 24.6. The van der Waals surface area contributed by atoms with Gasteiger partial charge in [-0.05, 0) is 53.6 Å². The van der Waals surface area contributed by atoms with Crippen molar-refractivity contribution in [2.75, 3.05) is 5.32 Å². The highest BCUT2D eigenvalue weighted by atomic mass is 32.1. The van der Waals surface area contributed by atoms with Gasteiger partial charge in [0.1, 0.15) is 5.82 Å². The summed E-state index contributed by atoms with van der Waals surface area (Å²) in [7, 11) is 1.97. The zero-order chi connectivity index (χ0) is 26.9. The Bertz CT molecular complexity index is 1850. The van der Waals surface area contributed by atoms with Gasteiger partial charge in [-0.1, -0.05) is 18.2 Å². The first-order chi connectivity index (χ1) is 19.0. The molecular formula is C29H22F2N6OS. The van der Waals surface area contributed by atoms with E-state index in [0.717, 1.165) is 49.4 Å². The molecule has 2 N–H and O–H groups in total. The number of rotatable bonds is 7. The number of imidazole rings is 1. The van der Waals surface area contributed by atoms with E-state index in [1.54, 1.807) is 36.0 Å². The first-order valence-electron chi connectivity index (χ1n) is 12.2. The van der Waals surface area contributed by atoms with Gasteiger partial charge in [-0.15, -0.1) is 11.3 Å². The van der Waals surface area contributed by atoms with Crippen LogP contribution in [0.5, 0.6) is 0 Å². The average Bonchev–Trinajstić information content (AvgIpc) is 3.59. The monoisotopic (exact) mass is 540 g/mol. The van der Waals surface area contributed by atoms with Crippen LogP contribution < -0.4 is 10.6 Å². The number of aromatic nitrogens is 4. The minimum Gasteiger partial charge on any atom is -0.365 e. The van der Waals surface area contributed by atoms with E-state index in [4.69, 9.17) is 0 Å². The number of aryl methyl sites for hydroxylation is 1. The highest BCUT2D eigenvalue weighted by Gasteiger charge is 2.14. The van der Waals surface area contributed by atoms with Crippen molar-refractivity contribution >= 4 is 45.0 Å². The molecule has 10 heteroatoms. The van der Waals surface area contributed by atoms with E-state index in [0.29, 0.717) is 23.5 Å². The van der Waals surface area contributed by atoms with Crippen molar-refractivity contribution in [3.8, 4) is 10.4 Å². The number of hydrogen-bond acceptors (Lipinski definition) is 6. The van der Waals surface area contributed by atoms with Gasteiger partial charge in [0.25, 0.3) is 5.91 Å². The Morgan fingerprint density at radius 3 is 2.74 bits per heavy atom. The topological polar surface area (TPSA) is 84.7 Å². The lowest BCUT2D eigenvalue weighted by molar-refractivity contribution is 0.0951. The van der Waals surface area contributed by atoms with Crippen LogP contribution in [0.1, 0.15) is 20.8 Å². The third-order valence-electron chi connectivity index (χ3n) is 6.42. The number of nitrogens with zero attached hydrogens (tertiary/aromatic N) is 4. The summed E-state index contributed by atoms with van der Waals surface area (Å²) < 4.78 is 28.6. The SMILES string of the molecule is Cn1cnc2ncc3ccc(-c4ccc(CNc5ncccc5C(=O)NCc5ccc(F)c(F)c5)s4)cc3c21. The summed E-state index contributed by atoms with van der Waals surface area (Å²) in [5.74, 6) is -1.81. The van der Waals surface area contributed by atoms with E-state index in [-0.39, 0.29) is 12.5 Å². The molecule has 4 heterocycles. The lowest BCUT2D eigenvalue weighted by atomic mass is 10.1. The van der Waals surface area contributed by atoms with Crippen LogP contribution in [-0.4, -0.2) is 25.4 Å². The molecule has 0 atom stereocenters. The Morgan fingerprint density at radius 2 is 1.87 bits per heavy atom. The number of benzene rings is 2. The Balaban J connectivity index is 1.17. The van der Waals surface area contributed by atoms with Crippen LogP contribution >= 0.6 is 11.3 Å². The van der Waals surface area contributed by atoms with E-state index in [9.17, 15) is 13.6 Å². The first-order valence-corrected chi connectivity index (χ1v) is 13.0. The molecule has 194 valence electrons. The van der Waals surface area contributed by atoms with Crippen molar-refractivity contribution in [2.45, 2.75) is 13.1 Å². The van der Waals surface area contributed by atoms with Gasteiger partial charge < -0.3 is 15.2 Å². The minimum absolute atomic E-state index is 0.0611. The molecule has 0 saturated heterocycles. The molecule has 4 aromatic heterocycles. The fourth-order valence-electron chi connectivity index (χ4n) is 4.44. The van der Waals surface area contributed by atoms with Gasteiger partial charge in [-0.2, -0.15) is 0 Å². The second kappa shape index (κ2) is 10.2. The molecule has 0 fully saturated rings. The molecule has 0 unspecified atom stereocenters. The number of halogens is 2. The minimum atomic E-state index is -0.952. The van der Waals surface area contributed by atoms with Crippen molar-refractivity contribution in [1.29, 1.82) is 0 Å². The average molecular weight is 541 g/mol. The quantitative estimate of drug-likeness (QED) is 0.257. The van der Waals surface area contributed by atoms with E-state index in [1.807, 2.05) is 17.8 Å². The number of amides is 1. The van der Waals surface area contributed by atoms with Crippen molar-refractivity contribution < 1.29 is 13.6 Å². The van der Waals surface area contributed by atoms with Crippen LogP contribution in [-0.2, 0) is 20.1 Å². The molecule has 6 aromatic rings. The maximum absolute atomic E-state index is 13.5. The zero-order valence-electron chi connectivity index (χ0n) is 20.8. The molecule has 0 aliphatic carbocycles. The summed E-state index contributed by atoms with van der Waals surface area (Å²) in [4.78, 5) is 28.2. The summed E-state index contributed by atoms with van der Waals surface area (Å²) in [5, 5.41) is 8.15. The van der Waals surface area contributed by atoms with E-state index in [2.05, 4.69) is 55.9 Å². The van der Waals surface area contributed by atoms with Gasteiger partial charge in [0.2, 0.25) is 0 Å². The molecule has 6 rings (SSSR count). The van der Waals surface area contributed by atoms with Crippen LogP contribution in [0.4, 0.5) is 14.6 Å². The van der Waals surface area contributed by atoms with Crippen molar-refractivity contribution in [2.24, 2.45) is 7.05 Å². The Morgan fingerprint density at radius 1 is 0.974 bits per heavy atom. The smallest absolute Gasteiger partial charge is 0.255 e. The molecule has 1 amide bonds. The number of carbonyl (C=O) groups excluding carboxylic acids is 1. The number of nitrogens with one attached hydrogen (secondary N) is 2. The lowest BCUT2D eigenvalue weighted by Gasteiger charge is -2.11. The normalized spacial score (nSPS) is 11.3. The van der Waals surface area contributed by atoms with E-state index in [1.165, 1.54) is 6.07 Å². The lowest BCUT2D eigenvalue weighted by Crippen LogP contribution is -2.24. The van der Waals surface area contributed by atoms with Gasteiger partial charge in [0, 0.05) is 46.5 Å². The van der Waals surface area contributed by atoms with Crippen molar-refractivity contribution in [3.63, 3.8) is 0 Å². The second-order valence-electron chi connectivity index (χ2n) is 9.04. The third kappa shape index (κ3) is 4.94. The van der Waals surface area contributed by atoms with Crippen LogP contribution in [0.3, 0.4) is 0 Å². The van der Waals surface area contributed by atoms with E-state index < -0.39 is 11.6 Å². The van der Waals surface area contributed by atoms with Gasteiger partial charge in [0.05, 0.1) is 24.0 Å². The molecule has 0 aliphatic heterocycles. The fourth-order valence-corrected chi connectivity index (χ4v) is 5.38. The second-order valence-corrected chi connectivity index (χ2v) is 10.2. The van der Waals surface area contributed by atoms with Crippen LogP contribution in [0.15, 0.2) is 79.4 Å². The predicted molar refractivity (Wildman–Crippen MR) is 148 cm³/mol. The maximum Gasteiger partial charge on any atom is 0.255 e. The summed E-state index contributed by atoms with van der Waals surface area (Å²) in [6.07, 6.45) is 5.22. The molecule has 0 saturated carbocycles. The van der Waals surface area contributed by atoms with Gasteiger partial charge in [-0.3, -0.25) is 4.79 Å². The van der Waals surface area contributed by atoms with Gasteiger partial charge >= 0.3 is 0 Å². The summed E-state index contributed by atoms with van der Waals surface area (Å²) in [5.41, 5.74) is 3.64. The van der Waals surface area contributed by atoms with Gasteiger partial charge in [0.15, 0.2) is 17.3 Å². The highest BCUT2D eigenvalue weighted by Crippen LogP contribution is 2.33. The number of carbonyl (C=O) groups is 1. The molecule has 0 aliphatic rings. The predicted octanol–water partition coefficient (Wildman–Crippen LogP) is 6.07. The summed E-state index contributed by atoms with van der Waals surface area (Å²) >= 11 is 1.65. The zero-order valence-corrected chi connectivity index (χ0v) is 21.6. The molecule has 7 nitrogen and oxygen atoms in total. The molecule has 0 spiro atoms. The highest BCUT2D eigenvalue weighted by molar-refractivity contribution is 7.15. The maximum atomic E-state index is 13.5. The van der Waals surface area contributed by atoms with Crippen LogP contribution in [0.2, 0.25) is 0 Å². The molecule has 39 heavy (non-hydrogen) atoms. The van der Waals surface area contributed by atoms with E-state index >= 15 is 0 Å². The van der Waals surface area contributed by atoms with Crippen molar-refractivity contribution in [3.05, 3.63) is 107 Å². The molecule has 0 bridgehead atoms. The Kier molecular flexibility index (Phi) is 6.45. The molecule has 0 radical (unpaired) electrons. The molecule has 2 aromatic carbocycles. The number of anilines is 1. The van der Waals surface area contributed by atoms with Crippen LogP contribution in [0.25, 0.3) is 32.4 Å².